The first-order valence-corrected chi connectivity index (χ1v) is 7.26. The molecule has 1 N–H and O–H groups in total. The summed E-state index contributed by atoms with van der Waals surface area (Å²) in [6, 6.07) is 8.35. The van der Waals surface area contributed by atoms with Gasteiger partial charge in [0.1, 0.15) is 0 Å². The van der Waals surface area contributed by atoms with E-state index in [1.807, 2.05) is 12.1 Å². The van der Waals surface area contributed by atoms with Gasteiger partial charge in [-0.2, -0.15) is 0 Å². The Morgan fingerprint density at radius 2 is 2.19 bits per heavy atom. The predicted octanol–water partition coefficient (Wildman–Crippen LogP) is 3.51. The average molecular weight is 355 g/mol. The topological polar surface area (TPSA) is 43.4 Å². The average Bonchev–Trinajstić information content (AvgIpc) is 2.48. The Morgan fingerprint density at radius 1 is 1.33 bits per heavy atom. The molecule has 0 atom stereocenters. The molecule has 0 radical (unpaired) electrons. The number of nitrogens with one attached hydrogen (secondary N) is 1. The molecule has 0 unspecified atom stereocenters. The van der Waals surface area contributed by atoms with Gasteiger partial charge in [-0.3, -0.25) is 0 Å². The molecule has 1 aromatic heterocycles. The lowest BCUT2D eigenvalue weighted by Crippen LogP contribution is -2.19. The molecule has 112 valence electrons. The molecular weight excluding hydrogens is 339 g/mol. The highest BCUT2D eigenvalue weighted by Gasteiger charge is 2.09. The number of hydrogen-bond donors (Lipinski definition) is 1. The van der Waals surface area contributed by atoms with E-state index in [1.54, 1.807) is 25.4 Å². The molecule has 21 heavy (non-hydrogen) atoms. The molecule has 2 rings (SSSR count). The van der Waals surface area contributed by atoms with Crippen LogP contribution in [0.2, 0.25) is 0 Å². The van der Waals surface area contributed by atoms with Crippen LogP contribution in [0.15, 0.2) is 41.0 Å². The highest BCUT2D eigenvalue weighted by atomic mass is 79.9. The van der Waals surface area contributed by atoms with Crippen molar-refractivity contribution in [3.8, 4) is 11.6 Å². The molecule has 1 heterocycles. The zero-order valence-electron chi connectivity index (χ0n) is 11.6. The largest absolute Gasteiger partial charge is 0.436 e. The molecule has 0 aliphatic carbocycles. The summed E-state index contributed by atoms with van der Waals surface area (Å²) < 4.78 is 25.0. The van der Waals surface area contributed by atoms with Gasteiger partial charge >= 0.3 is 0 Å². The summed E-state index contributed by atoms with van der Waals surface area (Å²) in [6.07, 6.45) is 1.62. The molecule has 0 aliphatic heterocycles. The van der Waals surface area contributed by atoms with Crippen LogP contribution in [0.3, 0.4) is 0 Å². The Kier molecular flexibility index (Phi) is 6.10. The normalized spacial score (nSPS) is 10.6. The van der Waals surface area contributed by atoms with E-state index in [9.17, 15) is 4.39 Å². The van der Waals surface area contributed by atoms with Crippen LogP contribution >= 0.6 is 15.9 Å². The second-order valence-corrected chi connectivity index (χ2v) is 5.23. The number of hydrogen-bond acceptors (Lipinski definition) is 4. The number of methoxy groups -OCH3 is 1. The number of nitrogens with zero attached hydrogens (tertiary/aromatic N) is 1. The Labute approximate surface area is 131 Å². The third-order valence-electron chi connectivity index (χ3n) is 2.75. The number of halogens is 2. The summed E-state index contributed by atoms with van der Waals surface area (Å²) in [7, 11) is 1.65. The smallest absolute Gasteiger partial charge is 0.223 e. The van der Waals surface area contributed by atoms with Crippen LogP contribution in [-0.2, 0) is 11.3 Å². The maximum atomic E-state index is 13.8. The molecule has 0 saturated heterocycles. The van der Waals surface area contributed by atoms with Gasteiger partial charge in [0.2, 0.25) is 5.88 Å². The van der Waals surface area contributed by atoms with Crippen LogP contribution in [0.4, 0.5) is 4.39 Å². The van der Waals surface area contributed by atoms with Crippen LogP contribution < -0.4 is 10.1 Å². The Hall–Kier alpha value is -1.50. The van der Waals surface area contributed by atoms with Crippen LogP contribution in [-0.4, -0.2) is 25.2 Å². The second-order valence-electron chi connectivity index (χ2n) is 4.31. The molecular formula is C15H16BrFN2O2. The van der Waals surface area contributed by atoms with Crippen molar-refractivity contribution >= 4 is 15.9 Å². The number of ether oxygens (including phenoxy) is 2. The summed E-state index contributed by atoms with van der Waals surface area (Å²) in [4.78, 5) is 4.16. The van der Waals surface area contributed by atoms with Crippen molar-refractivity contribution in [1.82, 2.24) is 10.3 Å². The van der Waals surface area contributed by atoms with Crippen molar-refractivity contribution in [3.63, 3.8) is 0 Å². The predicted molar refractivity (Wildman–Crippen MR) is 82.0 cm³/mol. The monoisotopic (exact) mass is 354 g/mol. The Balaban J connectivity index is 2.08. The highest BCUT2D eigenvalue weighted by Crippen LogP contribution is 2.27. The molecule has 0 saturated carbocycles. The molecule has 6 heteroatoms. The number of rotatable bonds is 7. The van der Waals surface area contributed by atoms with Crippen LogP contribution in [0.25, 0.3) is 0 Å². The maximum absolute atomic E-state index is 13.8. The molecule has 0 amide bonds. The summed E-state index contributed by atoms with van der Waals surface area (Å²) >= 11 is 3.21. The van der Waals surface area contributed by atoms with Crippen molar-refractivity contribution in [3.05, 3.63) is 52.4 Å². The van der Waals surface area contributed by atoms with Gasteiger partial charge in [0.15, 0.2) is 11.6 Å². The third kappa shape index (κ3) is 4.77. The summed E-state index contributed by atoms with van der Waals surface area (Å²) in [5.74, 6) is 0.104. The van der Waals surface area contributed by atoms with Gasteiger partial charge in [0.05, 0.1) is 6.61 Å². The van der Waals surface area contributed by atoms with E-state index in [0.717, 1.165) is 12.1 Å². The SMILES string of the molecule is COCCNCc1cccnc1Oc1ccc(Br)cc1F. The van der Waals surface area contributed by atoms with E-state index in [1.165, 1.54) is 6.07 Å². The lowest BCUT2D eigenvalue weighted by atomic mass is 10.2. The van der Waals surface area contributed by atoms with E-state index in [4.69, 9.17) is 9.47 Å². The fourth-order valence-corrected chi connectivity index (χ4v) is 2.04. The van der Waals surface area contributed by atoms with Crippen molar-refractivity contribution < 1.29 is 13.9 Å². The molecule has 0 fully saturated rings. The quantitative estimate of drug-likeness (QED) is 0.772. The number of pyridine rings is 1. The van der Waals surface area contributed by atoms with Gasteiger partial charge in [0, 0.05) is 36.4 Å². The van der Waals surface area contributed by atoms with Gasteiger partial charge < -0.3 is 14.8 Å². The first-order valence-electron chi connectivity index (χ1n) is 6.47. The molecule has 2 aromatic rings. The van der Waals surface area contributed by atoms with Crippen LogP contribution in [0.1, 0.15) is 5.56 Å². The molecule has 4 nitrogen and oxygen atoms in total. The van der Waals surface area contributed by atoms with Crippen molar-refractivity contribution in [2.75, 3.05) is 20.3 Å². The second kappa shape index (κ2) is 8.07. The minimum absolute atomic E-state index is 0.148. The zero-order chi connectivity index (χ0) is 15.1. The molecule has 0 aliphatic rings. The summed E-state index contributed by atoms with van der Waals surface area (Å²) in [6.45, 7) is 1.92. The molecule has 1 aromatic carbocycles. The fourth-order valence-electron chi connectivity index (χ4n) is 1.71. The van der Waals surface area contributed by atoms with Crippen LogP contribution in [0, 0.1) is 5.82 Å². The number of aromatic nitrogens is 1. The van der Waals surface area contributed by atoms with Crippen molar-refractivity contribution in [1.29, 1.82) is 0 Å². The van der Waals surface area contributed by atoms with E-state index in [0.29, 0.717) is 23.5 Å². The number of benzene rings is 1. The third-order valence-corrected chi connectivity index (χ3v) is 3.24. The first kappa shape index (κ1) is 15.9. The lowest BCUT2D eigenvalue weighted by molar-refractivity contribution is 0.199. The summed E-state index contributed by atoms with van der Waals surface area (Å²) in [5.41, 5.74) is 0.857. The van der Waals surface area contributed by atoms with Gasteiger partial charge in [-0.15, -0.1) is 0 Å². The van der Waals surface area contributed by atoms with Crippen LogP contribution in [0.5, 0.6) is 11.6 Å². The lowest BCUT2D eigenvalue weighted by Gasteiger charge is -2.11. The minimum Gasteiger partial charge on any atom is -0.436 e. The summed E-state index contributed by atoms with van der Waals surface area (Å²) in [5, 5.41) is 3.21. The Morgan fingerprint density at radius 3 is 2.95 bits per heavy atom. The molecule has 0 bridgehead atoms. The first-order chi connectivity index (χ1) is 10.2. The minimum atomic E-state index is -0.437. The van der Waals surface area contributed by atoms with Gasteiger partial charge in [-0.05, 0) is 24.3 Å². The maximum Gasteiger partial charge on any atom is 0.223 e. The Bertz CT molecular complexity index is 596. The standard InChI is InChI=1S/C15H16BrFN2O2/c1-20-8-7-18-10-11-3-2-6-19-15(11)21-14-5-4-12(16)9-13(14)17/h2-6,9,18H,7-8,10H2,1H3. The van der Waals surface area contributed by atoms with Crippen molar-refractivity contribution in [2.45, 2.75) is 6.54 Å². The van der Waals surface area contributed by atoms with Gasteiger partial charge in [-0.1, -0.05) is 22.0 Å². The van der Waals surface area contributed by atoms with E-state index >= 15 is 0 Å². The highest BCUT2D eigenvalue weighted by molar-refractivity contribution is 9.10. The van der Waals surface area contributed by atoms with Gasteiger partial charge in [-0.25, -0.2) is 9.37 Å². The van der Waals surface area contributed by atoms with E-state index < -0.39 is 5.82 Å². The van der Waals surface area contributed by atoms with E-state index in [-0.39, 0.29) is 5.75 Å². The fraction of sp³-hybridized carbons (Fsp3) is 0.267. The van der Waals surface area contributed by atoms with E-state index in [2.05, 4.69) is 26.2 Å². The van der Waals surface area contributed by atoms with Crippen molar-refractivity contribution in [2.24, 2.45) is 0 Å². The molecule has 0 spiro atoms. The van der Waals surface area contributed by atoms with Gasteiger partial charge in [0.25, 0.3) is 0 Å². The zero-order valence-corrected chi connectivity index (χ0v) is 13.2.